The first-order chi connectivity index (χ1) is 12.6. The van der Waals surface area contributed by atoms with Crippen LogP contribution in [0.2, 0.25) is 0 Å². The molecule has 1 atom stereocenters. The highest BCUT2D eigenvalue weighted by molar-refractivity contribution is 5.82. The van der Waals surface area contributed by atoms with Gasteiger partial charge in [0.15, 0.2) is 0 Å². The van der Waals surface area contributed by atoms with E-state index in [4.69, 9.17) is 4.42 Å². The fourth-order valence-corrected chi connectivity index (χ4v) is 3.00. The maximum atomic E-state index is 12.4. The van der Waals surface area contributed by atoms with E-state index < -0.39 is 0 Å². The molecule has 6 heteroatoms. The molecule has 1 amide bonds. The number of amides is 1. The number of carbonyl (C=O) groups is 1. The smallest absolute Gasteiger partial charge is 0.242 e. The van der Waals surface area contributed by atoms with Crippen LogP contribution in [0.15, 0.2) is 70.0 Å². The number of nitrogens with zero attached hydrogens (tertiary/aromatic N) is 2. The predicted molar refractivity (Wildman–Crippen MR) is 98.8 cm³/mol. The molecule has 2 aromatic heterocycles. The standard InChI is InChI=1S/C20H17N3O3/c1-13(19-10-14-6-2-5-9-18(14)26-19)22-20(25)12-23-16-8-4-3-7-15(16)17(24)11-21-23/h2-11,13H,12H2,1H3,(H,22,25). The van der Waals surface area contributed by atoms with Gasteiger partial charge >= 0.3 is 0 Å². The molecule has 2 aromatic carbocycles. The van der Waals surface area contributed by atoms with Crippen molar-refractivity contribution in [3.63, 3.8) is 0 Å². The summed E-state index contributed by atoms with van der Waals surface area (Å²) in [6.45, 7) is 1.89. The second-order valence-electron chi connectivity index (χ2n) is 6.16. The van der Waals surface area contributed by atoms with E-state index in [-0.39, 0.29) is 23.9 Å². The lowest BCUT2D eigenvalue weighted by Gasteiger charge is -2.13. The minimum Gasteiger partial charge on any atom is -0.459 e. The van der Waals surface area contributed by atoms with E-state index >= 15 is 0 Å². The van der Waals surface area contributed by atoms with E-state index in [1.165, 1.54) is 10.9 Å². The van der Waals surface area contributed by atoms with Crippen LogP contribution >= 0.6 is 0 Å². The quantitative estimate of drug-likeness (QED) is 0.616. The van der Waals surface area contributed by atoms with Gasteiger partial charge in [0.05, 0.1) is 17.8 Å². The summed E-state index contributed by atoms with van der Waals surface area (Å²) in [7, 11) is 0. The molecule has 130 valence electrons. The van der Waals surface area contributed by atoms with E-state index in [0.717, 1.165) is 11.0 Å². The van der Waals surface area contributed by atoms with Gasteiger partial charge < -0.3 is 9.73 Å². The van der Waals surface area contributed by atoms with Crippen molar-refractivity contribution in [1.82, 2.24) is 15.1 Å². The first-order valence-electron chi connectivity index (χ1n) is 8.34. The maximum absolute atomic E-state index is 12.4. The summed E-state index contributed by atoms with van der Waals surface area (Å²) >= 11 is 0. The van der Waals surface area contributed by atoms with Crippen molar-refractivity contribution in [2.24, 2.45) is 0 Å². The van der Waals surface area contributed by atoms with Crippen LogP contribution < -0.4 is 10.7 Å². The Balaban J connectivity index is 1.54. The minimum absolute atomic E-state index is 0.0192. The van der Waals surface area contributed by atoms with Gasteiger partial charge in [0, 0.05) is 10.8 Å². The SMILES string of the molecule is CC(NC(=O)Cn1ncc(=O)c2ccccc21)c1cc2ccccc2o1. The lowest BCUT2D eigenvalue weighted by molar-refractivity contribution is -0.122. The van der Waals surface area contributed by atoms with Gasteiger partial charge in [0.1, 0.15) is 17.9 Å². The number of benzene rings is 2. The Hall–Kier alpha value is -3.41. The topological polar surface area (TPSA) is 77.1 Å². The van der Waals surface area contributed by atoms with Gasteiger partial charge in [-0.1, -0.05) is 30.3 Å². The molecule has 0 bridgehead atoms. The summed E-state index contributed by atoms with van der Waals surface area (Å²) in [6, 6.07) is 16.5. The molecule has 0 saturated carbocycles. The van der Waals surface area contributed by atoms with Crippen molar-refractivity contribution < 1.29 is 9.21 Å². The summed E-state index contributed by atoms with van der Waals surface area (Å²) in [6.07, 6.45) is 1.23. The third kappa shape index (κ3) is 2.97. The van der Waals surface area contributed by atoms with E-state index in [2.05, 4.69) is 10.4 Å². The predicted octanol–water partition coefficient (Wildman–Crippen LogP) is 3.02. The second-order valence-corrected chi connectivity index (χ2v) is 6.16. The zero-order chi connectivity index (χ0) is 18.1. The first kappa shape index (κ1) is 16.1. The fraction of sp³-hybridized carbons (Fsp3) is 0.150. The van der Waals surface area contributed by atoms with Crippen molar-refractivity contribution in [3.8, 4) is 0 Å². The van der Waals surface area contributed by atoms with Gasteiger partial charge in [-0.25, -0.2) is 0 Å². The molecular formula is C20H17N3O3. The molecule has 0 spiro atoms. The number of aromatic nitrogens is 2. The molecule has 4 aromatic rings. The first-order valence-corrected chi connectivity index (χ1v) is 8.34. The summed E-state index contributed by atoms with van der Waals surface area (Å²) in [5.74, 6) is 0.483. The van der Waals surface area contributed by atoms with E-state index in [9.17, 15) is 9.59 Å². The van der Waals surface area contributed by atoms with Crippen LogP contribution in [0, 0.1) is 0 Å². The summed E-state index contributed by atoms with van der Waals surface area (Å²) < 4.78 is 7.31. The number of rotatable bonds is 4. The van der Waals surface area contributed by atoms with Crippen molar-refractivity contribution in [1.29, 1.82) is 0 Å². The molecule has 2 heterocycles. The molecule has 1 unspecified atom stereocenters. The van der Waals surface area contributed by atoms with E-state index in [1.54, 1.807) is 18.2 Å². The van der Waals surface area contributed by atoms with Gasteiger partial charge in [-0.15, -0.1) is 0 Å². The maximum Gasteiger partial charge on any atom is 0.242 e. The number of furan rings is 1. The number of hydrogen-bond donors (Lipinski definition) is 1. The van der Waals surface area contributed by atoms with Gasteiger partial charge in [-0.3, -0.25) is 14.3 Å². The number of nitrogens with one attached hydrogen (secondary N) is 1. The number of hydrogen-bond acceptors (Lipinski definition) is 4. The number of fused-ring (bicyclic) bond motifs is 2. The second kappa shape index (κ2) is 6.48. The van der Waals surface area contributed by atoms with Crippen LogP contribution in [0.3, 0.4) is 0 Å². The van der Waals surface area contributed by atoms with Crippen molar-refractivity contribution in [2.45, 2.75) is 19.5 Å². The number of para-hydroxylation sites is 2. The van der Waals surface area contributed by atoms with Crippen LogP contribution in [0.4, 0.5) is 0 Å². The fourth-order valence-electron chi connectivity index (χ4n) is 3.00. The lowest BCUT2D eigenvalue weighted by atomic mass is 10.2. The Morgan fingerprint density at radius 1 is 1.19 bits per heavy atom. The third-order valence-electron chi connectivity index (χ3n) is 4.30. The number of carbonyl (C=O) groups excluding carboxylic acids is 1. The van der Waals surface area contributed by atoms with Gasteiger partial charge in [-0.05, 0) is 31.2 Å². The van der Waals surface area contributed by atoms with Gasteiger partial charge in [0.2, 0.25) is 11.3 Å². The highest BCUT2D eigenvalue weighted by atomic mass is 16.3. The van der Waals surface area contributed by atoms with Crippen molar-refractivity contribution in [2.75, 3.05) is 0 Å². The molecule has 0 aliphatic carbocycles. The Kier molecular flexibility index (Phi) is 4.01. The summed E-state index contributed by atoms with van der Waals surface area (Å²) in [5.41, 5.74) is 1.26. The van der Waals surface area contributed by atoms with Gasteiger partial charge in [0.25, 0.3) is 0 Å². The molecular weight excluding hydrogens is 330 g/mol. The van der Waals surface area contributed by atoms with Crippen molar-refractivity contribution >= 4 is 27.8 Å². The van der Waals surface area contributed by atoms with Crippen LogP contribution in [0.5, 0.6) is 0 Å². The monoisotopic (exact) mass is 347 g/mol. The van der Waals surface area contributed by atoms with E-state index in [0.29, 0.717) is 16.7 Å². The minimum atomic E-state index is -0.277. The molecule has 6 nitrogen and oxygen atoms in total. The third-order valence-corrected chi connectivity index (χ3v) is 4.30. The summed E-state index contributed by atoms with van der Waals surface area (Å²) in [5, 5.41) is 8.53. The zero-order valence-electron chi connectivity index (χ0n) is 14.2. The Bertz CT molecular complexity index is 1130. The van der Waals surface area contributed by atoms with Crippen LogP contribution in [-0.4, -0.2) is 15.7 Å². The average Bonchev–Trinajstić information content (AvgIpc) is 3.09. The Labute approximate surface area is 149 Å². The molecule has 0 saturated heterocycles. The highest BCUT2D eigenvalue weighted by Crippen LogP contribution is 2.23. The lowest BCUT2D eigenvalue weighted by Crippen LogP contribution is -2.31. The van der Waals surface area contributed by atoms with Crippen LogP contribution in [0.1, 0.15) is 18.7 Å². The highest BCUT2D eigenvalue weighted by Gasteiger charge is 2.15. The molecule has 0 radical (unpaired) electrons. The van der Waals surface area contributed by atoms with Crippen molar-refractivity contribution in [3.05, 3.63) is 76.8 Å². The molecule has 26 heavy (non-hydrogen) atoms. The normalized spacial score (nSPS) is 12.3. The average molecular weight is 347 g/mol. The van der Waals surface area contributed by atoms with Crippen LogP contribution in [-0.2, 0) is 11.3 Å². The molecule has 4 rings (SSSR count). The molecule has 0 fully saturated rings. The van der Waals surface area contributed by atoms with E-state index in [1.807, 2.05) is 43.3 Å². The Morgan fingerprint density at radius 3 is 2.81 bits per heavy atom. The molecule has 0 aliphatic rings. The molecule has 1 N–H and O–H groups in total. The van der Waals surface area contributed by atoms with Gasteiger partial charge in [-0.2, -0.15) is 5.10 Å². The largest absolute Gasteiger partial charge is 0.459 e. The summed E-state index contributed by atoms with van der Waals surface area (Å²) in [4.78, 5) is 24.3. The Morgan fingerprint density at radius 2 is 1.96 bits per heavy atom. The zero-order valence-corrected chi connectivity index (χ0v) is 14.2. The molecule has 0 aliphatic heterocycles. The van der Waals surface area contributed by atoms with Crippen LogP contribution in [0.25, 0.3) is 21.9 Å².